The van der Waals surface area contributed by atoms with Gasteiger partial charge < -0.3 is 24.8 Å². The predicted molar refractivity (Wildman–Crippen MR) is 161 cm³/mol. The Bertz CT molecular complexity index is 1090. The second-order valence-corrected chi connectivity index (χ2v) is 11.2. The number of carbonyl (C=O) groups is 3. The molecule has 0 bridgehead atoms. The number of unbranched alkanes of at least 4 members (excludes halogenated alkanes) is 1. The van der Waals surface area contributed by atoms with Crippen LogP contribution in [0.1, 0.15) is 106 Å². The maximum atomic E-state index is 13.1. The third kappa shape index (κ3) is 9.21. The minimum Gasteiger partial charge on any atom is -0.496 e. The molecular formula is C32H49N3O6. The van der Waals surface area contributed by atoms with Crippen molar-refractivity contribution in [3.05, 3.63) is 33.9 Å². The standard InChI is InChI=1S/C32H49N3O6/c1-6-8-12-24(7-2)33-32(38)34-29-25(30(39-5)23(4)26-21-41-31(37)28(26)29)15-13-22(3)14-16-27(36)40-20-19-35-17-10-9-11-18-35/h13,24H,6-12,14-21H2,1-5H3,(H2,33,34,38)/b22-13+. The van der Waals surface area contributed by atoms with Crippen molar-refractivity contribution in [1.29, 1.82) is 0 Å². The molecule has 0 radical (unpaired) electrons. The molecule has 1 atom stereocenters. The first-order valence-electron chi connectivity index (χ1n) is 15.3. The van der Waals surface area contributed by atoms with E-state index in [-0.39, 0.29) is 24.6 Å². The van der Waals surface area contributed by atoms with Gasteiger partial charge in [-0.15, -0.1) is 0 Å². The van der Waals surface area contributed by atoms with E-state index in [4.69, 9.17) is 14.2 Å². The number of ether oxygens (including phenoxy) is 3. The first kappa shape index (κ1) is 32.4. The molecule has 3 rings (SSSR count). The Kier molecular flexibility index (Phi) is 13.0. The molecule has 228 valence electrons. The van der Waals surface area contributed by atoms with E-state index in [1.54, 1.807) is 7.11 Å². The first-order chi connectivity index (χ1) is 19.8. The fraction of sp³-hybridized carbons (Fsp3) is 0.656. The first-order valence-corrected chi connectivity index (χ1v) is 15.3. The molecule has 1 unspecified atom stereocenters. The Morgan fingerprint density at radius 3 is 2.59 bits per heavy atom. The van der Waals surface area contributed by atoms with Crippen molar-refractivity contribution < 1.29 is 28.6 Å². The molecule has 0 aromatic heterocycles. The number of fused-ring (bicyclic) bond motifs is 1. The van der Waals surface area contributed by atoms with Crippen LogP contribution >= 0.6 is 0 Å². The van der Waals surface area contributed by atoms with E-state index in [0.29, 0.717) is 48.4 Å². The zero-order chi connectivity index (χ0) is 29.8. The highest BCUT2D eigenvalue weighted by molar-refractivity contribution is 6.05. The molecule has 41 heavy (non-hydrogen) atoms. The molecule has 1 aromatic rings. The summed E-state index contributed by atoms with van der Waals surface area (Å²) in [6.45, 7) is 11.6. The lowest BCUT2D eigenvalue weighted by molar-refractivity contribution is -0.144. The summed E-state index contributed by atoms with van der Waals surface area (Å²) in [7, 11) is 1.59. The van der Waals surface area contributed by atoms with Gasteiger partial charge in [0.2, 0.25) is 0 Å². The van der Waals surface area contributed by atoms with Gasteiger partial charge >= 0.3 is 18.0 Å². The number of esters is 2. The van der Waals surface area contributed by atoms with Crippen LogP contribution in [0.15, 0.2) is 11.6 Å². The van der Waals surface area contributed by atoms with Crippen LogP contribution in [0.2, 0.25) is 0 Å². The zero-order valence-electron chi connectivity index (χ0n) is 25.7. The van der Waals surface area contributed by atoms with Crippen LogP contribution in [0.25, 0.3) is 0 Å². The molecule has 2 heterocycles. The van der Waals surface area contributed by atoms with E-state index in [0.717, 1.165) is 62.0 Å². The Morgan fingerprint density at radius 1 is 1.15 bits per heavy atom. The lowest BCUT2D eigenvalue weighted by atomic mass is 9.93. The number of piperidine rings is 1. The number of rotatable bonds is 15. The van der Waals surface area contributed by atoms with Gasteiger partial charge in [0.1, 0.15) is 19.0 Å². The number of hydrogen-bond acceptors (Lipinski definition) is 7. The van der Waals surface area contributed by atoms with Crippen molar-refractivity contribution >= 4 is 23.7 Å². The number of hydrogen-bond donors (Lipinski definition) is 2. The SMILES string of the molecule is CCCCC(CC)NC(=O)Nc1c(C/C=C(\C)CCC(=O)OCCN2CCCCC2)c(OC)c(C)c2c1C(=O)OC2. The third-order valence-electron chi connectivity index (χ3n) is 8.15. The van der Waals surface area contributed by atoms with E-state index >= 15 is 0 Å². The number of likely N-dealkylation sites (tertiary alicyclic amines) is 1. The van der Waals surface area contributed by atoms with Gasteiger partial charge in [-0.05, 0) is 71.0 Å². The highest BCUT2D eigenvalue weighted by atomic mass is 16.5. The quantitative estimate of drug-likeness (QED) is 0.195. The Morgan fingerprint density at radius 2 is 1.90 bits per heavy atom. The molecule has 2 aliphatic rings. The number of nitrogens with one attached hydrogen (secondary N) is 2. The van der Waals surface area contributed by atoms with E-state index in [9.17, 15) is 14.4 Å². The number of cyclic esters (lactones) is 1. The van der Waals surface area contributed by atoms with E-state index < -0.39 is 5.97 Å². The molecule has 0 aliphatic carbocycles. The molecule has 1 fully saturated rings. The minimum atomic E-state index is -0.451. The van der Waals surface area contributed by atoms with Crippen LogP contribution in [-0.4, -0.2) is 62.3 Å². The number of methoxy groups -OCH3 is 1. The molecular weight excluding hydrogens is 522 g/mol. The Labute approximate surface area is 245 Å². The van der Waals surface area contributed by atoms with Crippen LogP contribution in [0.5, 0.6) is 5.75 Å². The molecule has 2 aliphatic heterocycles. The van der Waals surface area contributed by atoms with Gasteiger partial charge in [-0.3, -0.25) is 9.69 Å². The van der Waals surface area contributed by atoms with Crippen LogP contribution in [-0.2, 0) is 27.3 Å². The van der Waals surface area contributed by atoms with Crippen LogP contribution in [0, 0.1) is 6.92 Å². The van der Waals surface area contributed by atoms with Crippen LogP contribution < -0.4 is 15.4 Å². The number of amides is 2. The number of nitrogens with zero attached hydrogens (tertiary/aromatic N) is 1. The van der Waals surface area contributed by atoms with Crippen molar-refractivity contribution in [3.8, 4) is 5.75 Å². The van der Waals surface area contributed by atoms with Gasteiger partial charge in [-0.25, -0.2) is 9.59 Å². The van der Waals surface area contributed by atoms with Gasteiger partial charge in [0.05, 0.1) is 18.4 Å². The maximum Gasteiger partial charge on any atom is 0.341 e. The van der Waals surface area contributed by atoms with Crippen molar-refractivity contribution in [2.45, 2.75) is 105 Å². The maximum absolute atomic E-state index is 13.1. The molecule has 1 aromatic carbocycles. The van der Waals surface area contributed by atoms with E-state index in [1.165, 1.54) is 19.3 Å². The number of carbonyl (C=O) groups excluding carboxylic acids is 3. The van der Waals surface area contributed by atoms with E-state index in [2.05, 4.69) is 22.5 Å². The number of allylic oxidation sites excluding steroid dienone is 2. The number of anilines is 1. The van der Waals surface area contributed by atoms with Gasteiger partial charge in [0.15, 0.2) is 0 Å². The largest absolute Gasteiger partial charge is 0.496 e. The fourth-order valence-corrected chi connectivity index (χ4v) is 5.58. The molecule has 9 heteroatoms. The summed E-state index contributed by atoms with van der Waals surface area (Å²) < 4.78 is 16.6. The Hall–Kier alpha value is -3.07. The summed E-state index contributed by atoms with van der Waals surface area (Å²) in [6, 6.07) is -0.303. The molecule has 1 saturated heterocycles. The summed E-state index contributed by atoms with van der Waals surface area (Å²) in [6.07, 6.45) is 10.8. The topological polar surface area (TPSA) is 106 Å². The summed E-state index contributed by atoms with van der Waals surface area (Å²) >= 11 is 0. The second-order valence-electron chi connectivity index (χ2n) is 11.2. The van der Waals surface area contributed by atoms with Gasteiger partial charge in [-0.2, -0.15) is 0 Å². The van der Waals surface area contributed by atoms with E-state index in [1.807, 2.05) is 26.8 Å². The van der Waals surface area contributed by atoms with Crippen molar-refractivity contribution in [2.24, 2.45) is 0 Å². The van der Waals surface area contributed by atoms with Crippen LogP contribution in [0.3, 0.4) is 0 Å². The lowest BCUT2D eigenvalue weighted by Crippen LogP contribution is -2.38. The van der Waals surface area contributed by atoms with Crippen molar-refractivity contribution in [1.82, 2.24) is 10.2 Å². The summed E-state index contributed by atoms with van der Waals surface area (Å²) in [5.74, 6) is -0.0269. The molecule has 0 saturated carbocycles. The third-order valence-corrected chi connectivity index (χ3v) is 8.15. The summed E-state index contributed by atoms with van der Waals surface area (Å²) in [5, 5.41) is 6.03. The van der Waals surface area contributed by atoms with Crippen LogP contribution in [0.4, 0.5) is 10.5 Å². The number of urea groups is 1. The zero-order valence-corrected chi connectivity index (χ0v) is 25.7. The number of benzene rings is 1. The summed E-state index contributed by atoms with van der Waals surface area (Å²) in [5.41, 5.74) is 4.10. The highest BCUT2D eigenvalue weighted by Gasteiger charge is 2.33. The lowest BCUT2D eigenvalue weighted by Gasteiger charge is -2.25. The normalized spacial score (nSPS) is 16.1. The highest BCUT2D eigenvalue weighted by Crippen LogP contribution is 2.41. The minimum absolute atomic E-state index is 0.0486. The molecule has 9 nitrogen and oxygen atoms in total. The molecule has 0 spiro atoms. The average Bonchev–Trinajstić information content (AvgIpc) is 3.36. The van der Waals surface area contributed by atoms with Gasteiger partial charge in [0.25, 0.3) is 0 Å². The molecule has 2 N–H and O–H groups in total. The van der Waals surface area contributed by atoms with Crippen molar-refractivity contribution in [2.75, 3.05) is 38.7 Å². The fourth-order valence-electron chi connectivity index (χ4n) is 5.58. The average molecular weight is 572 g/mol. The predicted octanol–water partition coefficient (Wildman–Crippen LogP) is 6.06. The Balaban J connectivity index is 1.70. The smallest absolute Gasteiger partial charge is 0.341 e. The van der Waals surface area contributed by atoms with Gasteiger partial charge in [-0.1, -0.05) is 44.8 Å². The van der Waals surface area contributed by atoms with Gasteiger partial charge in [0, 0.05) is 30.1 Å². The molecule has 2 amide bonds. The monoisotopic (exact) mass is 571 g/mol. The summed E-state index contributed by atoms with van der Waals surface area (Å²) in [4.78, 5) is 40.6. The second kappa shape index (κ2) is 16.4. The van der Waals surface area contributed by atoms with Crippen molar-refractivity contribution in [3.63, 3.8) is 0 Å².